The number of hydrogen-bond acceptors (Lipinski definition) is 6. The summed E-state index contributed by atoms with van der Waals surface area (Å²) in [6.07, 6.45) is 5.62. The van der Waals surface area contributed by atoms with Gasteiger partial charge in [-0.25, -0.2) is 8.42 Å². The molecule has 1 aliphatic heterocycles. The smallest absolute Gasteiger partial charge is 0.248 e. The van der Waals surface area contributed by atoms with Crippen LogP contribution < -0.4 is 5.32 Å². The number of aryl methyl sites for hydroxylation is 1. The maximum atomic E-state index is 13.3. The number of carbonyl (C=O) groups excluding carboxylic acids is 1. The summed E-state index contributed by atoms with van der Waals surface area (Å²) in [6, 6.07) is 3.85. The lowest BCUT2D eigenvalue weighted by Crippen LogP contribution is -2.45. The molecule has 2 aromatic rings. The molecule has 0 bridgehead atoms. The van der Waals surface area contributed by atoms with Gasteiger partial charge in [0.15, 0.2) is 10.7 Å². The minimum Gasteiger partial charge on any atom is -0.356 e. The van der Waals surface area contributed by atoms with Crippen molar-refractivity contribution < 1.29 is 17.7 Å². The van der Waals surface area contributed by atoms with E-state index in [1.165, 1.54) is 4.31 Å². The monoisotopic (exact) mass is 423 g/mol. The van der Waals surface area contributed by atoms with Crippen molar-refractivity contribution in [1.29, 1.82) is 0 Å². The Balaban J connectivity index is 1.82. The third-order valence-corrected chi connectivity index (χ3v) is 7.54. The van der Waals surface area contributed by atoms with Crippen LogP contribution in [0, 0.1) is 12.8 Å². The van der Waals surface area contributed by atoms with Crippen LogP contribution >= 0.6 is 11.3 Å². The summed E-state index contributed by atoms with van der Waals surface area (Å²) in [5.41, 5.74) is 0.323. The van der Waals surface area contributed by atoms with Gasteiger partial charge in [-0.1, -0.05) is 18.1 Å². The Morgan fingerprint density at radius 3 is 3.00 bits per heavy atom. The zero-order valence-corrected chi connectivity index (χ0v) is 17.7. The normalized spacial score (nSPS) is 18.6. The van der Waals surface area contributed by atoms with Crippen LogP contribution in [0.15, 0.2) is 26.9 Å². The molecule has 1 fully saturated rings. The van der Waals surface area contributed by atoms with E-state index in [-0.39, 0.29) is 29.0 Å². The number of rotatable bonds is 7. The van der Waals surface area contributed by atoms with Gasteiger partial charge in [-0.05, 0) is 49.8 Å². The number of amides is 1. The average molecular weight is 424 g/mol. The van der Waals surface area contributed by atoms with Gasteiger partial charge in [0.05, 0.1) is 5.92 Å². The van der Waals surface area contributed by atoms with Crippen LogP contribution in [-0.4, -0.2) is 43.4 Å². The number of aromatic nitrogens is 1. The Morgan fingerprint density at radius 2 is 2.29 bits per heavy atom. The van der Waals surface area contributed by atoms with Gasteiger partial charge >= 0.3 is 0 Å². The molecule has 3 rings (SSSR count). The molecule has 1 atom stereocenters. The summed E-state index contributed by atoms with van der Waals surface area (Å²) in [6.45, 7) is 4.77. The molecule has 1 N–H and O–H groups in total. The third kappa shape index (κ3) is 4.53. The summed E-state index contributed by atoms with van der Waals surface area (Å²) in [7, 11) is -3.81. The number of carbonyl (C=O) groups is 1. The van der Waals surface area contributed by atoms with Crippen LogP contribution in [0.5, 0.6) is 0 Å². The second kappa shape index (κ2) is 9.02. The Bertz CT molecular complexity index is 933. The summed E-state index contributed by atoms with van der Waals surface area (Å²) < 4.78 is 33.3. The quantitative estimate of drug-likeness (QED) is 0.739. The first-order chi connectivity index (χ1) is 13.4. The fourth-order valence-electron chi connectivity index (χ4n) is 3.24. The number of nitrogens with one attached hydrogen (secondary N) is 1. The van der Waals surface area contributed by atoms with Crippen LogP contribution in [0.3, 0.4) is 0 Å². The fourth-order valence-corrected chi connectivity index (χ4v) is 5.63. The predicted octanol–water partition coefficient (Wildman–Crippen LogP) is 3.14. The van der Waals surface area contributed by atoms with Gasteiger partial charge in [-0.2, -0.15) is 4.31 Å². The number of nitrogens with zero attached hydrogens (tertiary/aromatic N) is 2. The Kier molecular flexibility index (Phi) is 6.69. The highest BCUT2D eigenvalue weighted by Gasteiger charge is 2.36. The number of piperidine rings is 1. The molecular weight excluding hydrogens is 398 g/mol. The van der Waals surface area contributed by atoms with Crippen LogP contribution in [0.25, 0.3) is 12.2 Å². The van der Waals surface area contributed by atoms with E-state index < -0.39 is 10.0 Å². The highest BCUT2D eigenvalue weighted by atomic mass is 32.2. The van der Waals surface area contributed by atoms with E-state index >= 15 is 0 Å². The summed E-state index contributed by atoms with van der Waals surface area (Å²) in [5, 5.41) is 8.68. The van der Waals surface area contributed by atoms with Crippen LogP contribution in [-0.2, 0) is 14.8 Å². The average Bonchev–Trinajstić information content (AvgIpc) is 3.34. The molecule has 0 spiro atoms. The molecule has 7 nitrogen and oxygen atoms in total. The van der Waals surface area contributed by atoms with Gasteiger partial charge in [0.1, 0.15) is 5.69 Å². The molecular formula is C19H25N3O4S2. The van der Waals surface area contributed by atoms with Crippen molar-refractivity contribution in [3.63, 3.8) is 0 Å². The zero-order valence-electron chi connectivity index (χ0n) is 16.1. The molecule has 1 amide bonds. The summed E-state index contributed by atoms with van der Waals surface area (Å²) in [5.74, 6) is -0.203. The predicted molar refractivity (Wildman–Crippen MR) is 109 cm³/mol. The van der Waals surface area contributed by atoms with Crippen molar-refractivity contribution in [2.45, 2.75) is 38.0 Å². The summed E-state index contributed by atoms with van der Waals surface area (Å²) >= 11 is 1.55. The number of hydrogen-bond donors (Lipinski definition) is 1. The van der Waals surface area contributed by atoms with E-state index in [2.05, 4.69) is 10.5 Å². The molecule has 1 aliphatic rings. The molecule has 1 saturated heterocycles. The molecule has 28 heavy (non-hydrogen) atoms. The van der Waals surface area contributed by atoms with Crippen molar-refractivity contribution in [2.75, 3.05) is 19.6 Å². The zero-order chi connectivity index (χ0) is 20.1. The Labute approximate surface area is 169 Å². The highest BCUT2D eigenvalue weighted by molar-refractivity contribution is 7.89. The van der Waals surface area contributed by atoms with Gasteiger partial charge in [-0.15, -0.1) is 11.3 Å². The fraction of sp³-hybridized carbons (Fsp3) is 0.474. The molecule has 2 aromatic heterocycles. The van der Waals surface area contributed by atoms with E-state index in [0.717, 1.165) is 11.3 Å². The number of thiophene rings is 1. The van der Waals surface area contributed by atoms with E-state index in [9.17, 15) is 13.2 Å². The topological polar surface area (TPSA) is 92.5 Å². The van der Waals surface area contributed by atoms with E-state index in [1.807, 2.05) is 24.4 Å². The molecule has 1 unspecified atom stereocenters. The van der Waals surface area contributed by atoms with Crippen molar-refractivity contribution >= 4 is 39.4 Å². The lowest BCUT2D eigenvalue weighted by atomic mass is 9.99. The largest absolute Gasteiger partial charge is 0.356 e. The Hall–Kier alpha value is -1.97. The standard InChI is InChI=1S/C19H25N3O4S2/c1-3-10-20-19(23)15-6-4-11-22(13-15)28(24,25)18-14(2)21-26-17(18)9-8-16-7-5-12-27-16/h5,7-9,12,15H,3-4,6,10-11,13H2,1-2H3,(H,20,23). The van der Waals surface area contributed by atoms with Crippen molar-refractivity contribution in [1.82, 2.24) is 14.8 Å². The van der Waals surface area contributed by atoms with Crippen LogP contribution in [0.1, 0.15) is 42.5 Å². The van der Waals surface area contributed by atoms with Crippen molar-refractivity contribution in [3.8, 4) is 0 Å². The van der Waals surface area contributed by atoms with Gasteiger partial charge in [0.2, 0.25) is 15.9 Å². The molecule has 3 heterocycles. The third-order valence-electron chi connectivity index (χ3n) is 4.68. The van der Waals surface area contributed by atoms with E-state index in [0.29, 0.717) is 31.6 Å². The summed E-state index contributed by atoms with van der Waals surface area (Å²) in [4.78, 5) is 13.4. The first-order valence-corrected chi connectivity index (χ1v) is 11.7. The molecule has 0 saturated carbocycles. The van der Waals surface area contributed by atoms with Gasteiger partial charge in [0, 0.05) is 24.5 Å². The first kappa shape index (κ1) is 20.8. The lowest BCUT2D eigenvalue weighted by molar-refractivity contribution is -0.126. The second-order valence-electron chi connectivity index (χ2n) is 6.80. The molecule has 0 aromatic carbocycles. The van der Waals surface area contributed by atoms with Crippen molar-refractivity contribution in [2.24, 2.45) is 5.92 Å². The maximum absolute atomic E-state index is 13.3. The van der Waals surface area contributed by atoms with Crippen molar-refractivity contribution in [3.05, 3.63) is 33.8 Å². The maximum Gasteiger partial charge on any atom is 0.248 e. The minimum absolute atomic E-state index is 0.0786. The SMILES string of the molecule is CCCNC(=O)C1CCCN(S(=O)(=O)c2c(C)noc2C=Cc2cccs2)C1. The molecule has 152 valence electrons. The van der Waals surface area contributed by atoms with Gasteiger partial charge in [-0.3, -0.25) is 4.79 Å². The molecule has 0 aliphatic carbocycles. The van der Waals surface area contributed by atoms with Gasteiger partial charge < -0.3 is 9.84 Å². The minimum atomic E-state index is -3.81. The number of sulfonamides is 1. The van der Waals surface area contributed by atoms with Gasteiger partial charge in [0.25, 0.3) is 0 Å². The molecule has 0 radical (unpaired) electrons. The first-order valence-electron chi connectivity index (χ1n) is 9.39. The van der Waals surface area contributed by atoms with Crippen LogP contribution in [0.2, 0.25) is 0 Å². The Morgan fingerprint density at radius 1 is 1.46 bits per heavy atom. The van der Waals surface area contributed by atoms with E-state index in [1.54, 1.807) is 30.4 Å². The highest BCUT2D eigenvalue weighted by Crippen LogP contribution is 2.29. The van der Waals surface area contributed by atoms with Crippen LogP contribution in [0.4, 0.5) is 0 Å². The molecule has 9 heteroatoms. The van der Waals surface area contributed by atoms with E-state index in [4.69, 9.17) is 4.52 Å². The lowest BCUT2D eigenvalue weighted by Gasteiger charge is -2.31. The second-order valence-corrected chi connectivity index (χ2v) is 9.66.